The normalized spacial score (nSPS) is 13.8. The van der Waals surface area contributed by atoms with E-state index in [0.717, 1.165) is 25.9 Å². The number of hydrogen-bond donors (Lipinski definition) is 2. The Kier molecular flexibility index (Phi) is 5.63. The summed E-state index contributed by atoms with van der Waals surface area (Å²) in [6.45, 7) is 1.65. The van der Waals surface area contributed by atoms with E-state index in [1.165, 1.54) is 0 Å². The Morgan fingerprint density at radius 3 is 2.58 bits per heavy atom. The quantitative estimate of drug-likeness (QED) is 0.814. The van der Waals surface area contributed by atoms with E-state index in [4.69, 9.17) is 5.73 Å². The smallest absolute Gasteiger partial charge is 0.251 e. The summed E-state index contributed by atoms with van der Waals surface area (Å²) in [6.07, 6.45) is 2.10. The van der Waals surface area contributed by atoms with Crippen LogP contribution in [0.3, 0.4) is 0 Å². The molecule has 1 aliphatic heterocycles. The van der Waals surface area contributed by atoms with Gasteiger partial charge in [0.05, 0.1) is 6.54 Å². The van der Waals surface area contributed by atoms with Gasteiger partial charge in [0.25, 0.3) is 5.91 Å². The minimum atomic E-state index is -0.269. The fraction of sp³-hybridized carbons (Fsp3) is 0.385. The summed E-state index contributed by atoms with van der Waals surface area (Å²) < 4.78 is 0. The van der Waals surface area contributed by atoms with Crippen molar-refractivity contribution in [2.75, 3.05) is 25.4 Å². The van der Waals surface area contributed by atoms with Gasteiger partial charge < -0.3 is 16.0 Å². The van der Waals surface area contributed by atoms with E-state index >= 15 is 0 Å². The number of hydrogen-bond acceptors (Lipinski definition) is 3. The topological polar surface area (TPSA) is 75.4 Å². The van der Waals surface area contributed by atoms with Gasteiger partial charge in [-0.15, -0.1) is 12.4 Å². The zero-order chi connectivity index (χ0) is 13.0. The Morgan fingerprint density at radius 1 is 1.26 bits per heavy atom. The van der Waals surface area contributed by atoms with Crippen LogP contribution in [0.5, 0.6) is 0 Å². The number of likely N-dealkylation sites (tertiary alicyclic amines) is 1. The number of anilines is 1. The lowest BCUT2D eigenvalue weighted by atomic mass is 10.2. The van der Waals surface area contributed by atoms with Crippen LogP contribution >= 0.6 is 12.4 Å². The van der Waals surface area contributed by atoms with Crippen molar-refractivity contribution in [1.29, 1.82) is 0 Å². The molecular weight excluding hydrogens is 266 g/mol. The fourth-order valence-corrected chi connectivity index (χ4v) is 2.02. The molecule has 1 aromatic rings. The van der Waals surface area contributed by atoms with Crippen LogP contribution in [0, 0.1) is 0 Å². The Labute approximate surface area is 118 Å². The van der Waals surface area contributed by atoms with Crippen LogP contribution in [-0.4, -0.2) is 36.3 Å². The van der Waals surface area contributed by atoms with Gasteiger partial charge in [0.2, 0.25) is 5.91 Å². The van der Waals surface area contributed by atoms with Crippen molar-refractivity contribution in [2.24, 2.45) is 0 Å². The minimum Gasteiger partial charge on any atom is -0.399 e. The highest BCUT2D eigenvalue weighted by atomic mass is 35.5. The molecule has 0 unspecified atom stereocenters. The first-order valence-electron chi connectivity index (χ1n) is 6.08. The van der Waals surface area contributed by atoms with Gasteiger partial charge in [-0.3, -0.25) is 9.59 Å². The van der Waals surface area contributed by atoms with Gasteiger partial charge >= 0.3 is 0 Å². The molecule has 0 aliphatic carbocycles. The van der Waals surface area contributed by atoms with Crippen molar-refractivity contribution >= 4 is 29.9 Å². The number of amides is 2. The molecule has 1 fully saturated rings. The lowest BCUT2D eigenvalue weighted by Crippen LogP contribution is -2.38. The lowest BCUT2D eigenvalue weighted by molar-refractivity contribution is -0.129. The van der Waals surface area contributed by atoms with Gasteiger partial charge in [0.1, 0.15) is 0 Å². The maximum atomic E-state index is 11.8. The van der Waals surface area contributed by atoms with Crippen LogP contribution in [0.1, 0.15) is 23.2 Å². The fourth-order valence-electron chi connectivity index (χ4n) is 2.02. The van der Waals surface area contributed by atoms with Gasteiger partial charge in [-0.25, -0.2) is 0 Å². The molecule has 1 saturated heterocycles. The summed E-state index contributed by atoms with van der Waals surface area (Å²) in [6, 6.07) is 6.69. The predicted molar refractivity (Wildman–Crippen MR) is 76.2 cm³/mol. The number of rotatable bonds is 3. The average Bonchev–Trinajstić information content (AvgIpc) is 2.89. The van der Waals surface area contributed by atoms with Crippen molar-refractivity contribution in [3.8, 4) is 0 Å². The van der Waals surface area contributed by atoms with Gasteiger partial charge in [0.15, 0.2) is 0 Å². The first-order valence-corrected chi connectivity index (χ1v) is 6.08. The second-order valence-corrected chi connectivity index (χ2v) is 4.40. The number of nitrogens with one attached hydrogen (secondary N) is 1. The highest BCUT2D eigenvalue weighted by Crippen LogP contribution is 2.08. The summed E-state index contributed by atoms with van der Waals surface area (Å²) in [5, 5.41) is 2.62. The highest BCUT2D eigenvalue weighted by molar-refractivity contribution is 5.97. The Hall–Kier alpha value is -1.75. The third kappa shape index (κ3) is 4.13. The van der Waals surface area contributed by atoms with Crippen LogP contribution < -0.4 is 11.1 Å². The van der Waals surface area contributed by atoms with Crippen molar-refractivity contribution in [1.82, 2.24) is 10.2 Å². The van der Waals surface area contributed by atoms with Gasteiger partial charge in [-0.1, -0.05) is 6.07 Å². The molecule has 5 nitrogen and oxygen atoms in total. The first-order chi connectivity index (χ1) is 8.66. The highest BCUT2D eigenvalue weighted by Gasteiger charge is 2.18. The molecule has 1 aliphatic rings. The number of carbonyl (C=O) groups is 2. The number of nitrogens with two attached hydrogens (primary N) is 1. The van der Waals surface area contributed by atoms with E-state index in [2.05, 4.69) is 5.32 Å². The van der Waals surface area contributed by atoms with E-state index in [9.17, 15) is 9.59 Å². The molecule has 6 heteroatoms. The lowest BCUT2D eigenvalue weighted by Gasteiger charge is -2.15. The van der Waals surface area contributed by atoms with Crippen LogP contribution in [-0.2, 0) is 4.79 Å². The molecule has 104 valence electrons. The molecular formula is C13H18ClN3O2. The van der Waals surface area contributed by atoms with Crippen LogP contribution in [0.2, 0.25) is 0 Å². The van der Waals surface area contributed by atoms with E-state index in [0.29, 0.717) is 11.3 Å². The molecule has 19 heavy (non-hydrogen) atoms. The maximum absolute atomic E-state index is 11.8. The number of halogens is 1. The largest absolute Gasteiger partial charge is 0.399 e. The third-order valence-corrected chi connectivity index (χ3v) is 3.01. The van der Waals surface area contributed by atoms with Crippen molar-refractivity contribution in [2.45, 2.75) is 12.8 Å². The molecule has 0 aromatic heterocycles. The van der Waals surface area contributed by atoms with Gasteiger partial charge in [0, 0.05) is 24.3 Å². The van der Waals surface area contributed by atoms with Gasteiger partial charge in [-0.05, 0) is 31.0 Å². The molecule has 0 saturated carbocycles. The van der Waals surface area contributed by atoms with Crippen molar-refractivity contribution < 1.29 is 9.59 Å². The monoisotopic (exact) mass is 283 g/mol. The van der Waals surface area contributed by atoms with Crippen molar-refractivity contribution in [3.05, 3.63) is 29.8 Å². The van der Waals surface area contributed by atoms with Gasteiger partial charge in [-0.2, -0.15) is 0 Å². The number of carbonyl (C=O) groups excluding carboxylic acids is 2. The second kappa shape index (κ2) is 6.99. The van der Waals surface area contributed by atoms with E-state index in [-0.39, 0.29) is 30.8 Å². The average molecular weight is 284 g/mol. The molecule has 0 atom stereocenters. The Bertz CT molecular complexity index is 459. The van der Waals surface area contributed by atoms with Crippen molar-refractivity contribution in [3.63, 3.8) is 0 Å². The number of nitrogen functional groups attached to an aromatic ring is 1. The maximum Gasteiger partial charge on any atom is 0.251 e. The molecule has 1 heterocycles. The third-order valence-electron chi connectivity index (χ3n) is 3.01. The van der Waals surface area contributed by atoms with E-state index in [1.54, 1.807) is 29.2 Å². The number of benzene rings is 1. The van der Waals surface area contributed by atoms with Crippen LogP contribution in [0.4, 0.5) is 5.69 Å². The standard InChI is InChI=1S/C13H17N3O2.ClH/c14-11-5-3-4-10(8-11)13(18)15-9-12(17)16-6-1-2-7-16;/h3-5,8H,1-2,6-7,9,14H2,(H,15,18);1H. The Balaban J connectivity index is 0.00000180. The summed E-state index contributed by atoms with van der Waals surface area (Å²) in [4.78, 5) is 25.3. The molecule has 2 amide bonds. The zero-order valence-corrected chi connectivity index (χ0v) is 11.4. The molecule has 3 N–H and O–H groups in total. The summed E-state index contributed by atoms with van der Waals surface area (Å²) in [7, 11) is 0. The second-order valence-electron chi connectivity index (χ2n) is 4.40. The SMILES string of the molecule is Cl.Nc1cccc(C(=O)NCC(=O)N2CCCC2)c1. The minimum absolute atomic E-state index is 0. The summed E-state index contributed by atoms with van der Waals surface area (Å²) >= 11 is 0. The Morgan fingerprint density at radius 2 is 1.95 bits per heavy atom. The number of nitrogens with zero attached hydrogens (tertiary/aromatic N) is 1. The summed E-state index contributed by atoms with van der Waals surface area (Å²) in [5.41, 5.74) is 6.61. The molecule has 2 rings (SSSR count). The van der Waals surface area contributed by atoms with E-state index < -0.39 is 0 Å². The molecule has 1 aromatic carbocycles. The summed E-state index contributed by atoms with van der Waals surface area (Å²) in [5.74, 6) is -0.292. The molecule has 0 spiro atoms. The first kappa shape index (κ1) is 15.3. The predicted octanol–water partition coefficient (Wildman–Crippen LogP) is 1.04. The van der Waals surface area contributed by atoms with E-state index in [1.807, 2.05) is 0 Å². The molecule has 0 bridgehead atoms. The van der Waals surface area contributed by atoms with Crippen LogP contribution in [0.25, 0.3) is 0 Å². The molecule has 0 radical (unpaired) electrons. The van der Waals surface area contributed by atoms with Crippen LogP contribution in [0.15, 0.2) is 24.3 Å². The zero-order valence-electron chi connectivity index (χ0n) is 10.6.